The molecular formula is C23H27N3O5S. The Balaban J connectivity index is 1.56. The number of amides is 1. The summed E-state index contributed by atoms with van der Waals surface area (Å²) in [6, 6.07) is 9.07. The highest BCUT2D eigenvalue weighted by molar-refractivity contribution is 7.89. The van der Waals surface area contributed by atoms with Gasteiger partial charge in [-0.2, -0.15) is 4.31 Å². The summed E-state index contributed by atoms with van der Waals surface area (Å²) in [6.07, 6.45) is 3.06. The molecule has 0 aromatic heterocycles. The molecule has 1 amide bonds. The highest BCUT2D eigenvalue weighted by Crippen LogP contribution is 2.34. The summed E-state index contributed by atoms with van der Waals surface area (Å²) in [4.78, 5) is 25.6. The van der Waals surface area contributed by atoms with E-state index < -0.39 is 20.9 Å². The smallest absolute Gasteiger partial charge is 0.269 e. The fraction of sp³-hybridized carbons (Fsp3) is 0.435. The molecule has 2 aliphatic rings. The van der Waals surface area contributed by atoms with Crippen LogP contribution in [-0.4, -0.2) is 43.2 Å². The van der Waals surface area contributed by atoms with Gasteiger partial charge in [0.05, 0.1) is 15.7 Å². The molecule has 1 saturated heterocycles. The molecule has 0 aliphatic carbocycles. The Labute approximate surface area is 188 Å². The molecule has 2 aliphatic heterocycles. The van der Waals surface area contributed by atoms with Crippen molar-refractivity contribution in [2.75, 3.05) is 24.5 Å². The number of carbonyl (C=O) groups is 1. The predicted octanol–water partition coefficient (Wildman–Crippen LogP) is 3.59. The Bertz CT molecular complexity index is 1160. The predicted molar refractivity (Wildman–Crippen MR) is 121 cm³/mol. The van der Waals surface area contributed by atoms with E-state index in [-0.39, 0.29) is 23.0 Å². The standard InChI is InChI=1S/C23H27N3O5S/c1-16-13-17(2)21-6-4-12-25(22(21)14-16)23(27)18-5-3-11-24(15-18)32(30,31)20-9-7-19(8-10-20)26(28)29/h7-10,13-14,18H,3-6,11-12,15H2,1-2H3. The third-order valence-corrected chi connectivity index (χ3v) is 8.26. The number of nitro benzene ring substituents is 1. The number of fused-ring (bicyclic) bond motifs is 1. The van der Waals surface area contributed by atoms with Gasteiger partial charge < -0.3 is 4.90 Å². The first-order valence-corrected chi connectivity index (χ1v) is 12.3. The van der Waals surface area contributed by atoms with E-state index in [1.807, 2.05) is 17.9 Å². The van der Waals surface area contributed by atoms with Gasteiger partial charge in [0.15, 0.2) is 0 Å². The molecule has 2 aromatic carbocycles. The molecule has 0 radical (unpaired) electrons. The van der Waals surface area contributed by atoms with Gasteiger partial charge in [0.2, 0.25) is 15.9 Å². The van der Waals surface area contributed by atoms with Crippen LogP contribution in [0.4, 0.5) is 11.4 Å². The highest BCUT2D eigenvalue weighted by Gasteiger charge is 2.36. The number of carbonyl (C=O) groups excluding carboxylic acids is 1. The number of anilines is 1. The Morgan fingerprint density at radius 3 is 2.50 bits per heavy atom. The minimum absolute atomic E-state index is 0.00534. The third kappa shape index (κ3) is 4.14. The molecule has 32 heavy (non-hydrogen) atoms. The van der Waals surface area contributed by atoms with Crippen LogP contribution < -0.4 is 4.90 Å². The Kier molecular flexibility index (Phi) is 6.05. The maximum atomic E-state index is 13.5. The van der Waals surface area contributed by atoms with Crippen LogP contribution in [0.2, 0.25) is 0 Å². The summed E-state index contributed by atoms with van der Waals surface area (Å²) in [5.74, 6) is -0.442. The molecule has 1 atom stereocenters. The van der Waals surface area contributed by atoms with E-state index in [2.05, 4.69) is 13.0 Å². The number of sulfonamides is 1. The first kappa shape index (κ1) is 22.4. The molecule has 0 N–H and O–H groups in total. The second-order valence-electron chi connectivity index (χ2n) is 8.63. The summed E-state index contributed by atoms with van der Waals surface area (Å²) in [6.45, 7) is 5.18. The van der Waals surface area contributed by atoms with E-state index in [9.17, 15) is 23.3 Å². The van der Waals surface area contributed by atoms with Gasteiger partial charge in [0, 0.05) is 37.5 Å². The van der Waals surface area contributed by atoms with Crippen LogP contribution in [0.5, 0.6) is 0 Å². The molecule has 1 unspecified atom stereocenters. The van der Waals surface area contributed by atoms with Gasteiger partial charge in [0.25, 0.3) is 5.69 Å². The number of hydrogen-bond acceptors (Lipinski definition) is 5. The van der Waals surface area contributed by atoms with Gasteiger partial charge in [-0.15, -0.1) is 0 Å². The number of nitro groups is 1. The van der Waals surface area contributed by atoms with Gasteiger partial charge in [-0.1, -0.05) is 6.07 Å². The number of non-ortho nitro benzene ring substituents is 1. The number of benzene rings is 2. The Morgan fingerprint density at radius 2 is 1.81 bits per heavy atom. The molecular weight excluding hydrogens is 430 g/mol. The second kappa shape index (κ2) is 8.63. The third-order valence-electron chi connectivity index (χ3n) is 6.38. The van der Waals surface area contributed by atoms with Gasteiger partial charge in [-0.25, -0.2) is 8.42 Å². The lowest BCUT2D eigenvalue weighted by atomic mass is 9.92. The number of nitrogens with zero attached hydrogens (tertiary/aromatic N) is 3. The maximum Gasteiger partial charge on any atom is 0.269 e. The second-order valence-corrected chi connectivity index (χ2v) is 10.6. The number of rotatable bonds is 4. The van der Waals surface area contributed by atoms with Crippen molar-refractivity contribution >= 4 is 27.3 Å². The quantitative estimate of drug-likeness (QED) is 0.516. The van der Waals surface area contributed by atoms with E-state index >= 15 is 0 Å². The van der Waals surface area contributed by atoms with E-state index in [1.54, 1.807) is 0 Å². The summed E-state index contributed by atoms with van der Waals surface area (Å²) >= 11 is 0. The van der Waals surface area contributed by atoms with Crippen molar-refractivity contribution in [3.8, 4) is 0 Å². The van der Waals surface area contributed by atoms with Crippen molar-refractivity contribution in [1.29, 1.82) is 0 Å². The first-order chi connectivity index (χ1) is 15.2. The molecule has 0 bridgehead atoms. The zero-order chi connectivity index (χ0) is 23.0. The lowest BCUT2D eigenvalue weighted by Crippen LogP contribution is -2.48. The average molecular weight is 458 g/mol. The van der Waals surface area contributed by atoms with Crippen LogP contribution in [0.25, 0.3) is 0 Å². The molecule has 2 heterocycles. The molecule has 8 nitrogen and oxygen atoms in total. The average Bonchev–Trinajstić information content (AvgIpc) is 2.78. The summed E-state index contributed by atoms with van der Waals surface area (Å²) < 4.78 is 27.6. The van der Waals surface area contributed by atoms with Gasteiger partial charge in [-0.3, -0.25) is 14.9 Å². The summed E-state index contributed by atoms with van der Waals surface area (Å²) in [5, 5.41) is 10.9. The van der Waals surface area contributed by atoms with Gasteiger partial charge >= 0.3 is 0 Å². The van der Waals surface area contributed by atoms with Gasteiger partial charge in [0.1, 0.15) is 0 Å². The van der Waals surface area contributed by atoms with Crippen molar-refractivity contribution in [1.82, 2.24) is 4.31 Å². The number of hydrogen-bond donors (Lipinski definition) is 0. The molecule has 0 saturated carbocycles. The van der Waals surface area contributed by atoms with Crippen molar-refractivity contribution < 1.29 is 18.1 Å². The largest absolute Gasteiger partial charge is 0.312 e. The van der Waals surface area contributed by atoms with Crippen molar-refractivity contribution in [2.24, 2.45) is 5.92 Å². The SMILES string of the molecule is Cc1cc(C)c2c(c1)N(C(=O)C1CCCN(S(=O)(=O)c3ccc([N+](=O)[O-])cc3)C1)CCC2. The van der Waals surface area contributed by atoms with E-state index in [0.29, 0.717) is 25.9 Å². The minimum atomic E-state index is -3.84. The fourth-order valence-corrected chi connectivity index (χ4v) is 6.30. The van der Waals surface area contributed by atoms with E-state index in [4.69, 9.17) is 0 Å². The Hall–Kier alpha value is -2.78. The molecule has 9 heteroatoms. The zero-order valence-corrected chi connectivity index (χ0v) is 19.1. The van der Waals surface area contributed by atoms with Crippen molar-refractivity contribution in [3.05, 3.63) is 63.2 Å². The van der Waals surface area contributed by atoms with E-state index in [0.717, 1.165) is 24.1 Å². The van der Waals surface area contributed by atoms with E-state index in [1.165, 1.54) is 39.7 Å². The fourth-order valence-electron chi connectivity index (χ4n) is 4.78. The normalized spacial score (nSPS) is 19.4. The van der Waals surface area contributed by atoms with Crippen LogP contribution >= 0.6 is 0 Å². The van der Waals surface area contributed by atoms with Crippen LogP contribution in [0, 0.1) is 29.9 Å². The monoisotopic (exact) mass is 457 g/mol. The van der Waals surface area contributed by atoms with Crippen LogP contribution in [-0.2, 0) is 21.2 Å². The minimum Gasteiger partial charge on any atom is -0.312 e. The van der Waals surface area contributed by atoms with Crippen LogP contribution in [0.3, 0.4) is 0 Å². The molecule has 2 aromatic rings. The Morgan fingerprint density at radius 1 is 1.09 bits per heavy atom. The number of piperidine rings is 1. The first-order valence-electron chi connectivity index (χ1n) is 10.8. The highest BCUT2D eigenvalue weighted by atomic mass is 32.2. The molecule has 1 fully saturated rings. The lowest BCUT2D eigenvalue weighted by molar-refractivity contribution is -0.384. The van der Waals surface area contributed by atoms with Crippen molar-refractivity contribution in [2.45, 2.75) is 44.4 Å². The van der Waals surface area contributed by atoms with Crippen LogP contribution in [0.15, 0.2) is 41.3 Å². The molecule has 4 rings (SSSR count). The lowest BCUT2D eigenvalue weighted by Gasteiger charge is -2.37. The van der Waals surface area contributed by atoms with Crippen LogP contribution in [0.1, 0.15) is 36.0 Å². The summed E-state index contributed by atoms with van der Waals surface area (Å²) in [5.41, 5.74) is 4.27. The zero-order valence-electron chi connectivity index (χ0n) is 18.3. The molecule has 170 valence electrons. The maximum absolute atomic E-state index is 13.5. The number of aryl methyl sites for hydroxylation is 2. The van der Waals surface area contributed by atoms with Gasteiger partial charge in [-0.05, 0) is 74.4 Å². The summed E-state index contributed by atoms with van der Waals surface area (Å²) in [7, 11) is -3.84. The molecule has 0 spiro atoms. The van der Waals surface area contributed by atoms with Crippen molar-refractivity contribution in [3.63, 3.8) is 0 Å². The topological polar surface area (TPSA) is 101 Å².